The normalized spacial score (nSPS) is 11.0. The second-order valence-corrected chi connectivity index (χ2v) is 6.92. The first-order valence-corrected chi connectivity index (χ1v) is 8.60. The summed E-state index contributed by atoms with van der Waals surface area (Å²) in [5.41, 5.74) is 1.30. The van der Waals surface area contributed by atoms with Crippen molar-refractivity contribution in [2.45, 2.75) is 27.2 Å². The molecule has 2 amide bonds. The van der Waals surface area contributed by atoms with E-state index >= 15 is 0 Å². The van der Waals surface area contributed by atoms with Crippen LogP contribution in [0.25, 0.3) is 0 Å². The fourth-order valence-corrected chi connectivity index (χ4v) is 2.44. The van der Waals surface area contributed by atoms with E-state index in [1.165, 1.54) is 5.56 Å². The number of hydrogen-bond donors (Lipinski definition) is 2. The van der Waals surface area contributed by atoms with Crippen molar-refractivity contribution in [1.82, 2.24) is 0 Å². The molecule has 0 fully saturated rings. The molecular weight excluding hydrogens is 368 g/mol. The van der Waals surface area contributed by atoms with Gasteiger partial charge in [-0.05, 0) is 66.0 Å². The van der Waals surface area contributed by atoms with Crippen molar-refractivity contribution in [1.29, 1.82) is 0 Å². The highest BCUT2D eigenvalue weighted by atomic mass is 79.9. The zero-order valence-electron chi connectivity index (χ0n) is 14.0. The highest BCUT2D eigenvalue weighted by Crippen LogP contribution is 2.26. The Balaban J connectivity index is 2.08. The molecule has 0 radical (unpaired) electrons. The third kappa shape index (κ3) is 4.23. The quantitative estimate of drug-likeness (QED) is 0.734. The molecule has 2 aromatic carbocycles. The molecule has 2 aromatic rings. The van der Waals surface area contributed by atoms with Crippen LogP contribution in [0.3, 0.4) is 0 Å². The first kappa shape index (κ1) is 18.2. The molecule has 0 saturated carbocycles. The van der Waals surface area contributed by atoms with Crippen LogP contribution in [0.15, 0.2) is 53.0 Å². The van der Waals surface area contributed by atoms with Crippen LogP contribution < -0.4 is 10.6 Å². The fraction of sp³-hybridized carbons (Fsp3) is 0.263. The Bertz CT molecular complexity index is 739. The molecular formula is C19H21BrN2O2. The lowest BCUT2D eigenvalue weighted by Crippen LogP contribution is -2.41. The smallest absolute Gasteiger partial charge is 0.239 e. The van der Waals surface area contributed by atoms with E-state index in [4.69, 9.17) is 0 Å². The van der Waals surface area contributed by atoms with Gasteiger partial charge in [0.1, 0.15) is 5.41 Å². The molecule has 0 saturated heterocycles. The number of benzene rings is 2. The molecule has 0 aliphatic carbocycles. The van der Waals surface area contributed by atoms with Gasteiger partial charge in [0.15, 0.2) is 0 Å². The third-order valence-corrected chi connectivity index (χ3v) is 4.57. The van der Waals surface area contributed by atoms with Gasteiger partial charge >= 0.3 is 0 Å². The molecule has 2 rings (SSSR count). The predicted molar refractivity (Wildman–Crippen MR) is 101 cm³/mol. The number of nitrogens with one attached hydrogen (secondary N) is 2. The number of rotatable bonds is 5. The minimum Gasteiger partial charge on any atom is -0.325 e. The predicted octanol–water partition coefficient (Wildman–Crippen LogP) is 4.61. The highest BCUT2D eigenvalue weighted by Gasteiger charge is 2.36. The maximum Gasteiger partial charge on any atom is 0.239 e. The lowest BCUT2D eigenvalue weighted by Gasteiger charge is -2.23. The average molecular weight is 389 g/mol. The summed E-state index contributed by atoms with van der Waals surface area (Å²) in [6.45, 7) is 5.28. The standard InChI is InChI=1S/C19H21BrN2O2/c1-4-13-9-11-14(12-10-13)21-17(23)19(2,3)18(24)22-16-8-6-5-7-15(16)20/h5-12H,4H2,1-3H3,(H,21,23)(H,22,24). The van der Waals surface area contributed by atoms with Gasteiger partial charge in [0.25, 0.3) is 0 Å². The van der Waals surface area contributed by atoms with E-state index in [2.05, 4.69) is 33.5 Å². The maximum atomic E-state index is 12.5. The molecule has 0 atom stereocenters. The number of carbonyl (C=O) groups excluding carboxylic acids is 2. The maximum absolute atomic E-state index is 12.5. The number of halogens is 1. The lowest BCUT2D eigenvalue weighted by molar-refractivity contribution is -0.135. The van der Waals surface area contributed by atoms with E-state index in [0.717, 1.165) is 10.9 Å². The first-order chi connectivity index (χ1) is 11.3. The molecule has 5 heteroatoms. The summed E-state index contributed by atoms with van der Waals surface area (Å²) in [7, 11) is 0. The zero-order chi connectivity index (χ0) is 17.7. The van der Waals surface area contributed by atoms with Crippen molar-refractivity contribution in [3.8, 4) is 0 Å². The molecule has 0 unspecified atom stereocenters. The second kappa shape index (κ2) is 7.62. The van der Waals surface area contributed by atoms with E-state index in [0.29, 0.717) is 11.4 Å². The van der Waals surface area contributed by atoms with Crippen molar-refractivity contribution in [2.75, 3.05) is 10.6 Å². The monoisotopic (exact) mass is 388 g/mol. The summed E-state index contributed by atoms with van der Waals surface area (Å²) in [6, 6.07) is 14.9. The van der Waals surface area contributed by atoms with Gasteiger partial charge in [0, 0.05) is 10.2 Å². The minimum absolute atomic E-state index is 0.351. The van der Waals surface area contributed by atoms with Crippen LogP contribution in [0.4, 0.5) is 11.4 Å². The van der Waals surface area contributed by atoms with Gasteiger partial charge in [-0.1, -0.05) is 31.2 Å². The van der Waals surface area contributed by atoms with Crippen LogP contribution in [0, 0.1) is 5.41 Å². The van der Waals surface area contributed by atoms with E-state index in [-0.39, 0.29) is 11.8 Å². The number of aryl methyl sites for hydroxylation is 1. The fourth-order valence-electron chi connectivity index (χ4n) is 2.06. The second-order valence-electron chi connectivity index (χ2n) is 6.06. The minimum atomic E-state index is -1.21. The van der Waals surface area contributed by atoms with Crippen LogP contribution in [-0.4, -0.2) is 11.8 Å². The number of carbonyl (C=O) groups is 2. The van der Waals surface area contributed by atoms with Crippen LogP contribution in [0.1, 0.15) is 26.3 Å². The zero-order valence-corrected chi connectivity index (χ0v) is 15.6. The average Bonchev–Trinajstić information content (AvgIpc) is 2.57. The Hall–Kier alpha value is -2.14. The van der Waals surface area contributed by atoms with Crippen LogP contribution in [-0.2, 0) is 16.0 Å². The molecule has 0 heterocycles. The van der Waals surface area contributed by atoms with Crippen LogP contribution in [0.5, 0.6) is 0 Å². The number of hydrogen-bond acceptors (Lipinski definition) is 2. The molecule has 4 nitrogen and oxygen atoms in total. The molecule has 0 bridgehead atoms. The topological polar surface area (TPSA) is 58.2 Å². The van der Waals surface area contributed by atoms with E-state index < -0.39 is 5.41 Å². The van der Waals surface area contributed by atoms with Crippen molar-refractivity contribution in [3.63, 3.8) is 0 Å². The van der Waals surface area contributed by atoms with E-state index in [1.54, 1.807) is 19.9 Å². The third-order valence-electron chi connectivity index (χ3n) is 3.88. The Morgan fingerprint density at radius 1 is 0.958 bits per heavy atom. The summed E-state index contributed by atoms with van der Waals surface area (Å²) in [5.74, 6) is -0.714. The summed E-state index contributed by atoms with van der Waals surface area (Å²) >= 11 is 3.38. The SMILES string of the molecule is CCc1ccc(NC(=O)C(C)(C)C(=O)Nc2ccccc2Br)cc1. The number of amides is 2. The molecule has 0 aliphatic rings. The van der Waals surface area contributed by atoms with Gasteiger partial charge in [-0.15, -0.1) is 0 Å². The summed E-state index contributed by atoms with van der Waals surface area (Å²) in [6.07, 6.45) is 0.939. The molecule has 24 heavy (non-hydrogen) atoms. The van der Waals surface area contributed by atoms with Gasteiger partial charge in [-0.2, -0.15) is 0 Å². The Labute approximate surface area is 150 Å². The first-order valence-electron chi connectivity index (χ1n) is 7.81. The van der Waals surface area contributed by atoms with Gasteiger partial charge in [0.05, 0.1) is 5.69 Å². The Morgan fingerprint density at radius 3 is 2.12 bits per heavy atom. The lowest BCUT2D eigenvalue weighted by atomic mass is 9.90. The molecule has 0 aliphatic heterocycles. The molecule has 0 aromatic heterocycles. The Morgan fingerprint density at radius 2 is 1.54 bits per heavy atom. The molecule has 126 valence electrons. The van der Waals surface area contributed by atoms with Gasteiger partial charge < -0.3 is 10.6 Å². The van der Waals surface area contributed by atoms with E-state index in [1.807, 2.05) is 42.5 Å². The van der Waals surface area contributed by atoms with Gasteiger partial charge in [-0.25, -0.2) is 0 Å². The van der Waals surface area contributed by atoms with Crippen LogP contribution >= 0.6 is 15.9 Å². The van der Waals surface area contributed by atoms with Crippen molar-refractivity contribution in [3.05, 3.63) is 58.6 Å². The Kier molecular flexibility index (Phi) is 5.78. The van der Waals surface area contributed by atoms with Crippen molar-refractivity contribution in [2.24, 2.45) is 5.41 Å². The van der Waals surface area contributed by atoms with Crippen molar-refractivity contribution < 1.29 is 9.59 Å². The highest BCUT2D eigenvalue weighted by molar-refractivity contribution is 9.10. The van der Waals surface area contributed by atoms with E-state index in [9.17, 15) is 9.59 Å². The summed E-state index contributed by atoms with van der Waals surface area (Å²) in [5, 5.41) is 5.59. The summed E-state index contributed by atoms with van der Waals surface area (Å²) in [4.78, 5) is 25.0. The number of anilines is 2. The largest absolute Gasteiger partial charge is 0.325 e. The molecule has 2 N–H and O–H groups in total. The molecule has 0 spiro atoms. The van der Waals surface area contributed by atoms with Gasteiger partial charge in [-0.3, -0.25) is 9.59 Å². The van der Waals surface area contributed by atoms with Gasteiger partial charge in [0.2, 0.25) is 11.8 Å². The summed E-state index contributed by atoms with van der Waals surface area (Å²) < 4.78 is 0.768. The van der Waals surface area contributed by atoms with Crippen molar-refractivity contribution >= 4 is 39.1 Å². The van der Waals surface area contributed by atoms with Crippen LogP contribution in [0.2, 0.25) is 0 Å². The number of para-hydroxylation sites is 1.